The van der Waals surface area contributed by atoms with Crippen molar-refractivity contribution in [2.45, 2.75) is 258 Å². The molecule has 0 aliphatic carbocycles. The molecule has 0 aliphatic rings. The maximum absolute atomic E-state index is 13.4. The van der Waals surface area contributed by atoms with Crippen LogP contribution in [0.2, 0.25) is 0 Å². The number of carbonyl (C=O) groups excluding carboxylic acids is 2. The number of hydrogen-bond acceptors (Lipinski definition) is 7. The third-order valence-corrected chi connectivity index (χ3v) is 13.1. The summed E-state index contributed by atoms with van der Waals surface area (Å²) >= 11 is 0. The molecular weight excluding hydrogens is 868 g/mol. The number of esters is 1. The van der Waals surface area contributed by atoms with E-state index in [0.29, 0.717) is 23.9 Å². The number of hydrogen-bond donors (Lipinski definition) is 1. The Hall–Kier alpha value is -2.29. The SMILES string of the molecule is CCCCC/C=C\C/C=C\CCCCCCCCCC(=O)OC(/C=C/CCCCCCCCCCCC)C(COP(=O)([O-])OCC[N+](C)(C)C)NC(=O)CC/C=C/C/C=C\CCCCCCCC. The van der Waals surface area contributed by atoms with Crippen molar-refractivity contribution in [3.63, 3.8) is 0 Å². The van der Waals surface area contributed by atoms with Gasteiger partial charge in [-0.1, -0.05) is 210 Å². The zero-order valence-corrected chi connectivity index (χ0v) is 45.9. The smallest absolute Gasteiger partial charge is 0.306 e. The third kappa shape index (κ3) is 48.7. The van der Waals surface area contributed by atoms with E-state index in [9.17, 15) is 19.0 Å². The van der Waals surface area contributed by atoms with E-state index in [1.807, 2.05) is 39.4 Å². The first-order valence-electron chi connectivity index (χ1n) is 28.1. The zero-order valence-electron chi connectivity index (χ0n) is 45.1. The molecule has 1 N–H and O–H groups in total. The number of ether oxygens (including phenoxy) is 1. The molecule has 3 unspecified atom stereocenters. The molecule has 3 atom stereocenters. The average molecular weight is 975 g/mol. The van der Waals surface area contributed by atoms with Gasteiger partial charge >= 0.3 is 5.97 Å². The molecular formula is C58H107N2O7P. The van der Waals surface area contributed by atoms with Crippen LogP contribution in [-0.4, -0.2) is 69.4 Å². The second-order valence-electron chi connectivity index (χ2n) is 20.1. The Bertz CT molecular complexity index is 1350. The number of allylic oxidation sites excluding steroid dienone is 9. The second-order valence-corrected chi connectivity index (χ2v) is 21.5. The van der Waals surface area contributed by atoms with Crippen molar-refractivity contribution in [3.8, 4) is 0 Å². The van der Waals surface area contributed by atoms with Gasteiger partial charge in [0.1, 0.15) is 19.3 Å². The molecule has 10 heteroatoms. The molecule has 0 fully saturated rings. The summed E-state index contributed by atoms with van der Waals surface area (Å²) in [6.07, 6.45) is 59.1. The Kier molecular flexibility index (Phi) is 46.7. The molecule has 0 aliphatic heterocycles. The van der Waals surface area contributed by atoms with Gasteiger partial charge in [0.25, 0.3) is 7.82 Å². The predicted molar refractivity (Wildman–Crippen MR) is 289 cm³/mol. The van der Waals surface area contributed by atoms with Gasteiger partial charge in [0, 0.05) is 12.8 Å². The normalized spacial score (nSPS) is 14.3. The van der Waals surface area contributed by atoms with Crippen LogP contribution in [0.5, 0.6) is 0 Å². The van der Waals surface area contributed by atoms with Gasteiger partial charge in [-0.3, -0.25) is 14.2 Å². The number of nitrogens with zero attached hydrogens (tertiary/aromatic N) is 1. The molecule has 0 saturated carbocycles. The Labute approximate surface area is 420 Å². The Balaban J connectivity index is 5.44. The summed E-state index contributed by atoms with van der Waals surface area (Å²) in [7, 11) is 1.15. The number of phosphoric ester groups is 1. The molecule has 0 aromatic rings. The highest BCUT2D eigenvalue weighted by molar-refractivity contribution is 7.45. The summed E-state index contributed by atoms with van der Waals surface area (Å²) in [5.41, 5.74) is 0. The number of quaternary nitrogens is 1. The lowest BCUT2D eigenvalue weighted by Crippen LogP contribution is -2.47. The van der Waals surface area contributed by atoms with Gasteiger partial charge in [0.05, 0.1) is 33.8 Å². The Morgan fingerprint density at radius 3 is 1.38 bits per heavy atom. The van der Waals surface area contributed by atoms with Gasteiger partial charge in [-0.05, 0) is 83.1 Å². The number of carbonyl (C=O) groups is 2. The minimum absolute atomic E-state index is 0.0340. The molecule has 0 spiro atoms. The van der Waals surface area contributed by atoms with E-state index in [4.69, 9.17) is 13.8 Å². The second kappa shape index (κ2) is 48.3. The van der Waals surface area contributed by atoms with E-state index < -0.39 is 26.6 Å². The molecule has 68 heavy (non-hydrogen) atoms. The van der Waals surface area contributed by atoms with E-state index in [1.165, 1.54) is 135 Å². The number of amides is 1. The number of nitrogens with one attached hydrogen (secondary N) is 1. The highest BCUT2D eigenvalue weighted by Gasteiger charge is 2.27. The number of unbranched alkanes of at least 4 members (excludes halogenated alkanes) is 26. The standard InChI is InChI=1S/C58H107N2O7P/c1-7-10-13-16-19-22-25-28-29-30-31-33-36-39-42-45-48-51-58(62)67-56(49-46-43-40-37-34-27-24-21-18-15-12-9-3)55(54-66-68(63,64)65-53-52-60(4,5)6)59-57(61)50-47-44-41-38-35-32-26-23-20-17-14-11-8-2/h19,22,28-29,32,35,41,44,46,49,55-56H,7-18,20-21,23-27,30-31,33-34,36-40,42-43,45,47-48,50-54H2,1-6H3,(H-,59,61,63,64)/b22-19-,29-28-,35-32-,44-41+,49-46+. The van der Waals surface area contributed by atoms with Crippen LogP contribution in [0.1, 0.15) is 245 Å². The van der Waals surface area contributed by atoms with Crippen LogP contribution >= 0.6 is 7.82 Å². The number of phosphoric acid groups is 1. The van der Waals surface area contributed by atoms with Crippen molar-refractivity contribution in [3.05, 3.63) is 60.8 Å². The summed E-state index contributed by atoms with van der Waals surface area (Å²) in [6, 6.07) is -0.921. The van der Waals surface area contributed by atoms with Crippen LogP contribution < -0.4 is 10.2 Å². The van der Waals surface area contributed by atoms with Crippen molar-refractivity contribution < 1.29 is 37.3 Å². The molecule has 0 aromatic heterocycles. The number of rotatable bonds is 50. The van der Waals surface area contributed by atoms with Crippen molar-refractivity contribution >= 4 is 19.7 Å². The maximum Gasteiger partial charge on any atom is 0.306 e. The largest absolute Gasteiger partial charge is 0.756 e. The van der Waals surface area contributed by atoms with Crippen LogP contribution in [0.15, 0.2) is 60.8 Å². The summed E-state index contributed by atoms with van der Waals surface area (Å²) in [6.45, 7) is 6.75. The maximum atomic E-state index is 13.4. The van der Waals surface area contributed by atoms with Gasteiger partial charge in [0.2, 0.25) is 5.91 Å². The third-order valence-electron chi connectivity index (χ3n) is 12.2. The van der Waals surface area contributed by atoms with Gasteiger partial charge in [-0.25, -0.2) is 0 Å². The molecule has 0 bridgehead atoms. The first kappa shape index (κ1) is 65.7. The van der Waals surface area contributed by atoms with Crippen LogP contribution in [0.4, 0.5) is 0 Å². The first-order valence-corrected chi connectivity index (χ1v) is 29.6. The van der Waals surface area contributed by atoms with Gasteiger partial charge in [-0.2, -0.15) is 0 Å². The first-order chi connectivity index (χ1) is 32.9. The van der Waals surface area contributed by atoms with Crippen LogP contribution in [0.25, 0.3) is 0 Å². The summed E-state index contributed by atoms with van der Waals surface area (Å²) < 4.78 is 30.1. The molecule has 9 nitrogen and oxygen atoms in total. The van der Waals surface area contributed by atoms with Crippen molar-refractivity contribution in [2.24, 2.45) is 0 Å². The van der Waals surface area contributed by atoms with E-state index in [1.54, 1.807) is 0 Å². The summed E-state index contributed by atoms with van der Waals surface area (Å²) in [4.78, 5) is 39.7. The van der Waals surface area contributed by atoms with Crippen molar-refractivity contribution in [1.82, 2.24) is 5.32 Å². The quantitative estimate of drug-likeness (QED) is 0.0212. The van der Waals surface area contributed by atoms with E-state index in [2.05, 4.69) is 68.6 Å². The molecule has 0 rings (SSSR count). The van der Waals surface area contributed by atoms with Gasteiger partial charge in [0.15, 0.2) is 0 Å². The predicted octanol–water partition coefficient (Wildman–Crippen LogP) is 16.1. The van der Waals surface area contributed by atoms with Crippen molar-refractivity contribution in [2.75, 3.05) is 40.9 Å². The molecule has 1 amide bonds. The fourth-order valence-corrected chi connectivity index (χ4v) is 8.50. The van der Waals surface area contributed by atoms with E-state index >= 15 is 0 Å². The summed E-state index contributed by atoms with van der Waals surface area (Å²) in [5, 5.41) is 2.97. The Morgan fingerprint density at radius 1 is 0.515 bits per heavy atom. The minimum Gasteiger partial charge on any atom is -0.756 e. The average Bonchev–Trinajstić information content (AvgIpc) is 3.29. The topological polar surface area (TPSA) is 114 Å². The summed E-state index contributed by atoms with van der Waals surface area (Å²) in [5.74, 6) is -0.628. The fraction of sp³-hybridized carbons (Fsp3) is 0.793. The lowest BCUT2D eigenvalue weighted by atomic mass is 10.1. The molecule has 0 radical (unpaired) electrons. The lowest BCUT2D eigenvalue weighted by Gasteiger charge is -2.30. The van der Waals surface area contributed by atoms with Crippen molar-refractivity contribution in [1.29, 1.82) is 0 Å². The van der Waals surface area contributed by atoms with E-state index in [0.717, 1.165) is 64.2 Å². The lowest BCUT2D eigenvalue weighted by molar-refractivity contribution is -0.870. The highest BCUT2D eigenvalue weighted by atomic mass is 31.2. The molecule has 396 valence electrons. The number of likely N-dealkylation sites (N-methyl/N-ethyl adjacent to an activating group) is 1. The van der Waals surface area contributed by atoms with Gasteiger partial charge < -0.3 is 28.5 Å². The monoisotopic (exact) mass is 975 g/mol. The van der Waals surface area contributed by atoms with Crippen LogP contribution in [0, 0.1) is 0 Å². The fourth-order valence-electron chi connectivity index (χ4n) is 7.78. The van der Waals surface area contributed by atoms with Crippen LogP contribution in [0.3, 0.4) is 0 Å². The zero-order chi connectivity index (χ0) is 50.1. The molecule has 0 aromatic carbocycles. The molecule has 0 saturated heterocycles. The molecule has 0 heterocycles. The highest BCUT2D eigenvalue weighted by Crippen LogP contribution is 2.38. The van der Waals surface area contributed by atoms with E-state index in [-0.39, 0.29) is 31.3 Å². The van der Waals surface area contributed by atoms with Gasteiger partial charge in [-0.15, -0.1) is 0 Å². The van der Waals surface area contributed by atoms with Crippen LogP contribution in [-0.2, 0) is 27.9 Å². The Morgan fingerprint density at radius 2 is 0.912 bits per heavy atom. The minimum atomic E-state index is -4.71.